The Morgan fingerprint density at radius 1 is 1.10 bits per heavy atom. The number of benzene rings is 1. The lowest BCUT2D eigenvalue weighted by atomic mass is 10.3. The molecule has 3 rings (SSSR count). The van der Waals surface area contributed by atoms with Gasteiger partial charge in [0.25, 0.3) is 0 Å². The minimum atomic E-state index is 0.638. The van der Waals surface area contributed by atoms with E-state index in [9.17, 15) is 0 Å². The number of hydrogen-bond donors (Lipinski definition) is 1. The summed E-state index contributed by atoms with van der Waals surface area (Å²) in [6.07, 6.45) is 1.64. The number of anilines is 1. The average molecular weight is 284 g/mol. The lowest BCUT2D eigenvalue weighted by Gasteiger charge is -2.04. The summed E-state index contributed by atoms with van der Waals surface area (Å²) in [5.41, 5.74) is 7.21. The van der Waals surface area contributed by atoms with Crippen molar-refractivity contribution in [1.29, 1.82) is 0 Å². The minimum absolute atomic E-state index is 0.638. The molecule has 0 aliphatic rings. The third-order valence-corrected chi connectivity index (χ3v) is 3.58. The first kappa shape index (κ1) is 12.6. The van der Waals surface area contributed by atoms with Crippen LogP contribution in [-0.2, 0) is 5.75 Å². The predicted octanol–water partition coefficient (Wildman–Crippen LogP) is 1.93. The highest BCUT2D eigenvalue weighted by molar-refractivity contribution is 7.98. The Morgan fingerprint density at radius 2 is 1.95 bits per heavy atom. The molecule has 0 unspecified atom stereocenters. The predicted molar refractivity (Wildman–Crippen MR) is 77.4 cm³/mol. The van der Waals surface area contributed by atoms with E-state index in [1.165, 1.54) is 0 Å². The zero-order valence-corrected chi connectivity index (χ0v) is 11.4. The summed E-state index contributed by atoms with van der Waals surface area (Å²) < 4.78 is 1.73. The van der Waals surface area contributed by atoms with Gasteiger partial charge in [-0.05, 0) is 34.7 Å². The number of hydrogen-bond acceptors (Lipinski definition) is 6. The van der Waals surface area contributed by atoms with Crippen molar-refractivity contribution in [2.24, 2.45) is 0 Å². The number of tetrazole rings is 1. The molecule has 2 aromatic heterocycles. The molecule has 2 heterocycles. The lowest BCUT2D eigenvalue weighted by Crippen LogP contribution is -2.01. The van der Waals surface area contributed by atoms with E-state index in [2.05, 4.69) is 20.5 Å². The molecule has 6 nitrogen and oxygen atoms in total. The van der Waals surface area contributed by atoms with Crippen LogP contribution in [0.5, 0.6) is 0 Å². The Kier molecular flexibility index (Phi) is 3.60. The van der Waals surface area contributed by atoms with Crippen LogP contribution < -0.4 is 5.73 Å². The number of para-hydroxylation sites is 1. The highest BCUT2D eigenvalue weighted by atomic mass is 32.2. The molecule has 3 aromatic rings. The van der Waals surface area contributed by atoms with Crippen molar-refractivity contribution in [3.05, 3.63) is 54.5 Å². The summed E-state index contributed by atoms with van der Waals surface area (Å²) in [6, 6.07) is 13.5. The second-order valence-corrected chi connectivity index (χ2v) is 5.06. The molecule has 7 heteroatoms. The van der Waals surface area contributed by atoms with Crippen molar-refractivity contribution in [3.8, 4) is 5.69 Å². The monoisotopic (exact) mass is 284 g/mol. The van der Waals surface area contributed by atoms with Crippen molar-refractivity contribution in [2.45, 2.75) is 10.8 Å². The second-order valence-electron chi connectivity index (χ2n) is 4.06. The topological polar surface area (TPSA) is 82.5 Å². The van der Waals surface area contributed by atoms with E-state index in [0.29, 0.717) is 11.4 Å². The Bertz CT molecular complexity index is 680. The van der Waals surface area contributed by atoms with Gasteiger partial charge in [0, 0.05) is 0 Å². The normalized spacial score (nSPS) is 10.6. The van der Waals surface area contributed by atoms with Crippen molar-refractivity contribution >= 4 is 17.4 Å². The molecule has 0 aliphatic heterocycles. The fourth-order valence-corrected chi connectivity index (χ4v) is 2.43. The van der Waals surface area contributed by atoms with Crippen LogP contribution in [0.15, 0.2) is 53.7 Å². The van der Waals surface area contributed by atoms with Crippen molar-refractivity contribution in [3.63, 3.8) is 0 Å². The van der Waals surface area contributed by atoms with E-state index in [4.69, 9.17) is 5.73 Å². The number of thioether (sulfide) groups is 1. The third-order valence-electron chi connectivity index (χ3n) is 2.64. The molecule has 0 radical (unpaired) electrons. The molecule has 0 atom stereocenters. The zero-order chi connectivity index (χ0) is 13.8. The van der Waals surface area contributed by atoms with Crippen LogP contribution >= 0.6 is 11.8 Å². The maximum atomic E-state index is 5.61. The quantitative estimate of drug-likeness (QED) is 0.737. The van der Waals surface area contributed by atoms with Gasteiger partial charge in [0.05, 0.1) is 28.4 Å². The van der Waals surface area contributed by atoms with Gasteiger partial charge in [-0.1, -0.05) is 30.0 Å². The van der Waals surface area contributed by atoms with Crippen molar-refractivity contribution < 1.29 is 0 Å². The molecular formula is C13H12N6S. The molecule has 2 N–H and O–H groups in total. The van der Waals surface area contributed by atoms with Gasteiger partial charge < -0.3 is 5.73 Å². The van der Waals surface area contributed by atoms with E-state index < -0.39 is 0 Å². The molecular weight excluding hydrogens is 272 g/mol. The summed E-state index contributed by atoms with van der Waals surface area (Å²) in [5.74, 6) is 1.42. The molecule has 0 spiro atoms. The van der Waals surface area contributed by atoms with E-state index in [-0.39, 0.29) is 0 Å². The smallest absolute Gasteiger partial charge is 0.166 e. The molecule has 1 aromatic carbocycles. The number of nitrogens with zero attached hydrogens (tertiary/aromatic N) is 5. The maximum absolute atomic E-state index is 5.61. The molecule has 0 saturated carbocycles. The summed E-state index contributed by atoms with van der Waals surface area (Å²) in [6.45, 7) is 0. The molecule has 0 saturated heterocycles. The van der Waals surface area contributed by atoms with Crippen LogP contribution in [0, 0.1) is 0 Å². The lowest BCUT2D eigenvalue weighted by molar-refractivity contribution is 0.777. The van der Waals surface area contributed by atoms with Crippen LogP contribution in [0.4, 0.5) is 5.69 Å². The fourth-order valence-electron chi connectivity index (χ4n) is 1.68. The van der Waals surface area contributed by atoms with Crippen LogP contribution in [-0.4, -0.2) is 25.2 Å². The Labute approximate surface area is 120 Å². The first-order valence-corrected chi connectivity index (χ1v) is 6.98. The summed E-state index contributed by atoms with van der Waals surface area (Å²) in [4.78, 5) is 4.24. The van der Waals surface area contributed by atoms with Crippen molar-refractivity contribution in [1.82, 2.24) is 25.2 Å². The third kappa shape index (κ3) is 2.77. The summed E-state index contributed by atoms with van der Waals surface area (Å²) >= 11 is 1.57. The van der Waals surface area contributed by atoms with E-state index in [0.717, 1.165) is 16.5 Å². The number of pyridine rings is 1. The first-order chi connectivity index (χ1) is 9.83. The standard InChI is InChI=1S/C13H12N6S/c14-10-6-7-13(15-8-10)20-9-12-16-17-18-19(12)11-4-2-1-3-5-11/h1-8H,9,14H2. The first-order valence-electron chi connectivity index (χ1n) is 6.00. The highest BCUT2D eigenvalue weighted by Gasteiger charge is 2.08. The van der Waals surface area contributed by atoms with Gasteiger partial charge >= 0.3 is 0 Å². The van der Waals surface area contributed by atoms with Crippen LogP contribution in [0.2, 0.25) is 0 Å². The van der Waals surface area contributed by atoms with Gasteiger partial charge in [0.2, 0.25) is 0 Å². The van der Waals surface area contributed by atoms with E-state index in [1.54, 1.807) is 22.6 Å². The number of rotatable bonds is 4. The largest absolute Gasteiger partial charge is 0.397 e. The number of aromatic nitrogens is 5. The molecule has 0 amide bonds. The molecule has 0 bridgehead atoms. The second kappa shape index (κ2) is 5.70. The summed E-state index contributed by atoms with van der Waals surface area (Å²) in [5, 5.41) is 12.7. The molecule has 0 fully saturated rings. The van der Waals surface area contributed by atoms with Gasteiger partial charge in [-0.2, -0.15) is 4.68 Å². The van der Waals surface area contributed by atoms with Gasteiger partial charge in [-0.3, -0.25) is 0 Å². The van der Waals surface area contributed by atoms with Crippen LogP contribution in [0.1, 0.15) is 5.82 Å². The fraction of sp³-hybridized carbons (Fsp3) is 0.0769. The van der Waals surface area contributed by atoms with Crippen molar-refractivity contribution in [2.75, 3.05) is 5.73 Å². The molecule has 0 aliphatic carbocycles. The highest BCUT2D eigenvalue weighted by Crippen LogP contribution is 2.21. The summed E-state index contributed by atoms with van der Waals surface area (Å²) in [7, 11) is 0. The minimum Gasteiger partial charge on any atom is -0.397 e. The van der Waals surface area contributed by atoms with E-state index in [1.807, 2.05) is 42.5 Å². The van der Waals surface area contributed by atoms with Gasteiger partial charge in [-0.15, -0.1) is 5.10 Å². The van der Waals surface area contributed by atoms with Crippen LogP contribution in [0.3, 0.4) is 0 Å². The molecule has 100 valence electrons. The van der Waals surface area contributed by atoms with E-state index >= 15 is 0 Å². The number of nitrogen functional groups attached to an aromatic ring is 1. The Balaban J connectivity index is 1.76. The Morgan fingerprint density at radius 3 is 2.70 bits per heavy atom. The Hall–Kier alpha value is -2.41. The maximum Gasteiger partial charge on any atom is 0.166 e. The SMILES string of the molecule is Nc1ccc(SCc2nnnn2-c2ccccc2)nc1. The average Bonchev–Trinajstić information content (AvgIpc) is 2.96. The zero-order valence-electron chi connectivity index (χ0n) is 10.5. The van der Waals surface area contributed by atoms with Gasteiger partial charge in [0.1, 0.15) is 0 Å². The number of nitrogens with two attached hydrogens (primary N) is 1. The molecule has 20 heavy (non-hydrogen) atoms. The van der Waals surface area contributed by atoms with Gasteiger partial charge in [-0.25, -0.2) is 4.98 Å². The van der Waals surface area contributed by atoms with Crippen LogP contribution in [0.25, 0.3) is 5.69 Å². The van der Waals surface area contributed by atoms with Gasteiger partial charge in [0.15, 0.2) is 5.82 Å².